The van der Waals surface area contributed by atoms with E-state index in [0.29, 0.717) is 5.92 Å². The molecule has 4 heterocycles. The van der Waals surface area contributed by atoms with E-state index >= 15 is 0 Å². The van der Waals surface area contributed by atoms with Crippen molar-refractivity contribution < 1.29 is 9.18 Å². The minimum atomic E-state index is -0.864. The molecule has 0 aromatic carbocycles. The summed E-state index contributed by atoms with van der Waals surface area (Å²) in [6.45, 7) is 3.05. The molecule has 1 N–H and O–H groups in total. The maximum absolute atomic E-state index is 13.2. The van der Waals surface area contributed by atoms with Crippen LogP contribution in [0.15, 0.2) is 6.20 Å². The van der Waals surface area contributed by atoms with E-state index < -0.39 is 11.9 Å². The molecule has 2 bridgehead atoms. The lowest BCUT2D eigenvalue weighted by atomic mass is 9.94. The van der Waals surface area contributed by atoms with Crippen LogP contribution < -0.4 is 5.32 Å². The van der Waals surface area contributed by atoms with E-state index in [9.17, 15) is 9.18 Å². The lowest BCUT2D eigenvalue weighted by molar-refractivity contribution is 0.0917. The molecular weight excluding hydrogens is 283 g/mol. The summed E-state index contributed by atoms with van der Waals surface area (Å²) in [5.41, 5.74) is 0. The van der Waals surface area contributed by atoms with Gasteiger partial charge in [0.15, 0.2) is 0 Å². The SMILES string of the molecule is O=C(NC1CC2CCN(CC2)C1)c1ncc(Cl)c(F)n1. The molecule has 3 aliphatic rings. The van der Waals surface area contributed by atoms with Crippen LogP contribution in [-0.4, -0.2) is 46.5 Å². The molecule has 7 heteroatoms. The molecule has 0 spiro atoms. The summed E-state index contributed by atoms with van der Waals surface area (Å²) in [4.78, 5) is 21.7. The van der Waals surface area contributed by atoms with Gasteiger partial charge in [0.1, 0.15) is 5.02 Å². The van der Waals surface area contributed by atoms with E-state index in [4.69, 9.17) is 11.6 Å². The summed E-state index contributed by atoms with van der Waals surface area (Å²) in [5, 5.41) is 2.73. The van der Waals surface area contributed by atoms with Crippen molar-refractivity contribution in [3.05, 3.63) is 23.0 Å². The molecule has 1 unspecified atom stereocenters. The minimum absolute atomic E-state index is 0.0832. The molecule has 0 radical (unpaired) electrons. The maximum Gasteiger partial charge on any atom is 0.289 e. The fourth-order valence-electron chi connectivity index (χ4n) is 3.00. The third-order valence-electron chi connectivity index (χ3n) is 4.04. The van der Waals surface area contributed by atoms with E-state index in [-0.39, 0.29) is 16.9 Å². The van der Waals surface area contributed by atoms with Crippen molar-refractivity contribution in [1.29, 1.82) is 0 Å². The van der Waals surface area contributed by atoms with Crippen LogP contribution in [0.5, 0.6) is 0 Å². The molecule has 5 nitrogen and oxygen atoms in total. The van der Waals surface area contributed by atoms with Crippen molar-refractivity contribution in [2.45, 2.75) is 25.3 Å². The van der Waals surface area contributed by atoms with Crippen LogP contribution in [0.25, 0.3) is 0 Å². The second-order valence-corrected chi connectivity index (χ2v) is 5.89. The Bertz CT molecular complexity index is 505. The summed E-state index contributed by atoms with van der Waals surface area (Å²) in [7, 11) is 0. The molecule has 3 aliphatic heterocycles. The van der Waals surface area contributed by atoms with Gasteiger partial charge in [-0.25, -0.2) is 4.98 Å². The summed E-state index contributed by atoms with van der Waals surface area (Å²) >= 11 is 5.51. The van der Waals surface area contributed by atoms with Crippen LogP contribution >= 0.6 is 11.6 Å². The first-order valence-electron chi connectivity index (χ1n) is 6.83. The van der Waals surface area contributed by atoms with Gasteiger partial charge in [0.25, 0.3) is 5.91 Å². The number of rotatable bonds is 2. The molecule has 0 aliphatic carbocycles. The van der Waals surface area contributed by atoms with Crippen molar-refractivity contribution in [2.75, 3.05) is 19.6 Å². The van der Waals surface area contributed by atoms with Crippen LogP contribution in [0, 0.1) is 11.9 Å². The summed E-state index contributed by atoms with van der Waals surface area (Å²) in [5.74, 6) is -0.801. The van der Waals surface area contributed by atoms with Crippen LogP contribution in [0.2, 0.25) is 5.02 Å². The number of hydrogen-bond donors (Lipinski definition) is 1. The Kier molecular flexibility index (Phi) is 3.85. The monoisotopic (exact) mass is 298 g/mol. The molecule has 20 heavy (non-hydrogen) atoms. The summed E-state index contributed by atoms with van der Waals surface area (Å²) < 4.78 is 13.2. The van der Waals surface area contributed by atoms with Crippen molar-refractivity contribution in [3.8, 4) is 0 Å². The number of carbonyl (C=O) groups excluding carboxylic acids is 1. The van der Waals surface area contributed by atoms with E-state index in [1.165, 1.54) is 12.8 Å². The number of nitrogens with one attached hydrogen (secondary N) is 1. The predicted molar refractivity (Wildman–Crippen MR) is 72.0 cm³/mol. The Balaban J connectivity index is 1.67. The van der Waals surface area contributed by atoms with Gasteiger partial charge in [-0.05, 0) is 38.3 Å². The largest absolute Gasteiger partial charge is 0.345 e. The van der Waals surface area contributed by atoms with Crippen LogP contribution in [0.4, 0.5) is 4.39 Å². The Morgan fingerprint density at radius 2 is 2.20 bits per heavy atom. The Morgan fingerprint density at radius 3 is 2.90 bits per heavy atom. The fraction of sp³-hybridized carbons (Fsp3) is 0.615. The van der Waals surface area contributed by atoms with Crippen molar-refractivity contribution in [2.24, 2.45) is 5.92 Å². The van der Waals surface area contributed by atoms with Crippen LogP contribution in [-0.2, 0) is 0 Å². The third-order valence-corrected chi connectivity index (χ3v) is 4.30. The van der Waals surface area contributed by atoms with E-state index in [2.05, 4.69) is 20.2 Å². The highest BCUT2D eigenvalue weighted by atomic mass is 35.5. The number of piperidine rings is 1. The molecular formula is C13H16ClFN4O. The summed E-state index contributed by atoms with van der Waals surface area (Å²) in [6, 6.07) is 0.0832. The van der Waals surface area contributed by atoms with Crippen molar-refractivity contribution in [1.82, 2.24) is 20.2 Å². The number of nitrogens with zero attached hydrogens (tertiary/aromatic N) is 3. The number of hydrogen-bond acceptors (Lipinski definition) is 4. The quantitative estimate of drug-likeness (QED) is 0.840. The first-order valence-corrected chi connectivity index (χ1v) is 7.21. The predicted octanol–water partition coefficient (Wildman–Crippen LogP) is 1.48. The van der Waals surface area contributed by atoms with Gasteiger partial charge < -0.3 is 10.2 Å². The smallest absolute Gasteiger partial charge is 0.289 e. The second kappa shape index (κ2) is 5.61. The highest BCUT2D eigenvalue weighted by molar-refractivity contribution is 6.30. The van der Waals surface area contributed by atoms with E-state index in [1.807, 2.05) is 0 Å². The number of fused-ring (bicyclic) bond motifs is 4. The molecule has 1 aromatic rings. The van der Waals surface area contributed by atoms with Gasteiger partial charge in [0, 0.05) is 12.6 Å². The molecule has 1 amide bonds. The van der Waals surface area contributed by atoms with Gasteiger partial charge >= 0.3 is 0 Å². The standard InChI is InChI=1S/C13H16ClFN4O/c14-10-6-16-12(18-11(10)15)13(20)17-9-5-8-1-3-19(7-9)4-2-8/h6,8-9H,1-5,7H2,(H,17,20). The molecule has 3 fully saturated rings. The maximum atomic E-state index is 13.2. The number of aromatic nitrogens is 2. The Morgan fingerprint density at radius 1 is 1.45 bits per heavy atom. The average molecular weight is 299 g/mol. The lowest BCUT2D eigenvalue weighted by Crippen LogP contribution is -2.42. The first kappa shape index (κ1) is 13.7. The highest BCUT2D eigenvalue weighted by Gasteiger charge is 2.30. The number of amides is 1. The zero-order valence-corrected chi connectivity index (χ0v) is 11.7. The minimum Gasteiger partial charge on any atom is -0.345 e. The van der Waals surface area contributed by atoms with E-state index in [1.54, 1.807) is 0 Å². The van der Waals surface area contributed by atoms with Gasteiger partial charge in [0.2, 0.25) is 11.8 Å². The van der Waals surface area contributed by atoms with Gasteiger partial charge in [-0.3, -0.25) is 4.79 Å². The van der Waals surface area contributed by atoms with Gasteiger partial charge in [-0.15, -0.1) is 0 Å². The zero-order valence-electron chi connectivity index (χ0n) is 11.0. The Hall–Kier alpha value is -1.27. The van der Waals surface area contributed by atoms with Crippen LogP contribution in [0.3, 0.4) is 0 Å². The highest BCUT2D eigenvalue weighted by Crippen LogP contribution is 2.26. The number of carbonyl (C=O) groups is 1. The average Bonchev–Trinajstić information content (AvgIpc) is 2.74. The normalized spacial score (nSPS) is 29.0. The molecule has 1 atom stereocenters. The van der Waals surface area contributed by atoms with Crippen molar-refractivity contribution >= 4 is 17.5 Å². The Labute approximate surface area is 121 Å². The fourth-order valence-corrected chi connectivity index (χ4v) is 3.09. The zero-order chi connectivity index (χ0) is 14.1. The van der Waals surface area contributed by atoms with Crippen LogP contribution in [0.1, 0.15) is 29.9 Å². The molecule has 3 saturated heterocycles. The third kappa shape index (κ3) is 2.91. The number of halogens is 2. The van der Waals surface area contributed by atoms with Gasteiger partial charge in [-0.2, -0.15) is 9.37 Å². The lowest BCUT2D eigenvalue weighted by Gasteiger charge is -2.26. The molecule has 108 valence electrons. The van der Waals surface area contributed by atoms with Crippen molar-refractivity contribution in [3.63, 3.8) is 0 Å². The summed E-state index contributed by atoms with van der Waals surface area (Å²) in [6.07, 6.45) is 4.47. The second-order valence-electron chi connectivity index (χ2n) is 5.48. The molecule has 0 saturated carbocycles. The molecule has 4 rings (SSSR count). The topological polar surface area (TPSA) is 58.1 Å². The van der Waals surface area contributed by atoms with Gasteiger partial charge in [0.05, 0.1) is 6.20 Å². The van der Waals surface area contributed by atoms with E-state index in [0.717, 1.165) is 32.3 Å². The molecule has 1 aromatic heterocycles. The van der Waals surface area contributed by atoms with Gasteiger partial charge in [-0.1, -0.05) is 11.6 Å². The first-order chi connectivity index (χ1) is 9.61.